The molecule has 0 spiro atoms. The number of phenols is 1. The number of benzene rings is 1. The van der Waals surface area contributed by atoms with Crippen LogP contribution in [-0.2, 0) is 0 Å². The zero-order valence-electron chi connectivity index (χ0n) is 11.0. The summed E-state index contributed by atoms with van der Waals surface area (Å²) in [4.78, 5) is 14.0. The lowest BCUT2D eigenvalue weighted by atomic mass is 10.1. The van der Waals surface area contributed by atoms with Crippen LogP contribution in [0.3, 0.4) is 0 Å². The first-order chi connectivity index (χ1) is 7.95. The molecule has 0 heterocycles. The number of phenolic OH excluding ortho intramolecular Hbond substituents is 1. The molecule has 3 heteroatoms. The van der Waals surface area contributed by atoms with E-state index in [1.54, 1.807) is 23.1 Å². The van der Waals surface area contributed by atoms with Crippen LogP contribution in [0.5, 0.6) is 5.75 Å². The van der Waals surface area contributed by atoms with Crippen molar-refractivity contribution in [2.24, 2.45) is 5.92 Å². The summed E-state index contributed by atoms with van der Waals surface area (Å²) in [5.41, 5.74) is 1.37. The molecule has 0 aliphatic heterocycles. The molecule has 0 unspecified atom stereocenters. The molecule has 0 saturated carbocycles. The van der Waals surface area contributed by atoms with Gasteiger partial charge in [-0.3, -0.25) is 4.79 Å². The third-order valence-electron chi connectivity index (χ3n) is 2.64. The average Bonchev–Trinajstić information content (AvgIpc) is 2.28. The van der Waals surface area contributed by atoms with E-state index in [2.05, 4.69) is 13.8 Å². The maximum Gasteiger partial charge on any atom is 0.257 e. The Morgan fingerprint density at radius 2 is 2.06 bits per heavy atom. The molecule has 1 N–H and O–H groups in total. The van der Waals surface area contributed by atoms with Gasteiger partial charge in [-0.1, -0.05) is 25.5 Å². The summed E-state index contributed by atoms with van der Waals surface area (Å²) in [5.74, 6) is 0.385. The van der Waals surface area contributed by atoms with Crippen molar-refractivity contribution < 1.29 is 9.90 Å². The first kappa shape index (κ1) is 13.6. The van der Waals surface area contributed by atoms with E-state index in [-0.39, 0.29) is 11.7 Å². The molecule has 17 heavy (non-hydrogen) atoms. The highest BCUT2D eigenvalue weighted by Gasteiger charge is 2.18. The van der Waals surface area contributed by atoms with Gasteiger partial charge in [-0.05, 0) is 31.9 Å². The highest BCUT2D eigenvalue weighted by Crippen LogP contribution is 2.20. The summed E-state index contributed by atoms with van der Waals surface area (Å²) in [7, 11) is 0. The van der Waals surface area contributed by atoms with E-state index in [0.29, 0.717) is 24.6 Å². The second-order valence-corrected chi connectivity index (χ2v) is 4.76. The summed E-state index contributed by atoms with van der Waals surface area (Å²) >= 11 is 0. The van der Waals surface area contributed by atoms with Crippen LogP contribution in [0.1, 0.15) is 36.7 Å². The van der Waals surface area contributed by atoms with Crippen LogP contribution >= 0.6 is 0 Å². The Morgan fingerprint density at radius 3 is 2.59 bits per heavy atom. The van der Waals surface area contributed by atoms with Crippen LogP contribution in [0.25, 0.3) is 0 Å². The van der Waals surface area contributed by atoms with E-state index < -0.39 is 0 Å². The van der Waals surface area contributed by atoms with Crippen LogP contribution in [0.2, 0.25) is 0 Å². The third-order valence-corrected chi connectivity index (χ3v) is 2.64. The van der Waals surface area contributed by atoms with Gasteiger partial charge in [0.25, 0.3) is 5.91 Å². The van der Waals surface area contributed by atoms with Crippen molar-refractivity contribution in [2.45, 2.75) is 27.7 Å². The lowest BCUT2D eigenvalue weighted by molar-refractivity contribution is 0.0742. The highest BCUT2D eigenvalue weighted by molar-refractivity contribution is 5.97. The van der Waals surface area contributed by atoms with Gasteiger partial charge >= 0.3 is 0 Å². The number of aryl methyl sites for hydroxylation is 1. The molecular formula is C14H21NO2. The van der Waals surface area contributed by atoms with Crippen LogP contribution in [0.15, 0.2) is 18.2 Å². The average molecular weight is 235 g/mol. The summed E-state index contributed by atoms with van der Waals surface area (Å²) in [6.07, 6.45) is 0. The van der Waals surface area contributed by atoms with Crippen molar-refractivity contribution in [2.75, 3.05) is 13.1 Å². The standard InChI is InChI=1S/C14H21NO2/c1-5-15(9-10(2)3)14(17)12-8-11(4)6-7-13(12)16/h6-8,10,16H,5,9H2,1-4H3. The van der Waals surface area contributed by atoms with E-state index in [9.17, 15) is 9.90 Å². The number of hydrogen-bond acceptors (Lipinski definition) is 2. The van der Waals surface area contributed by atoms with Crippen molar-refractivity contribution in [1.29, 1.82) is 0 Å². The monoisotopic (exact) mass is 235 g/mol. The second-order valence-electron chi connectivity index (χ2n) is 4.76. The minimum absolute atomic E-state index is 0.0582. The minimum atomic E-state index is -0.0950. The lowest BCUT2D eigenvalue weighted by Gasteiger charge is -2.23. The van der Waals surface area contributed by atoms with Gasteiger partial charge in [0.05, 0.1) is 5.56 Å². The molecule has 0 fully saturated rings. The van der Waals surface area contributed by atoms with Gasteiger partial charge in [0.2, 0.25) is 0 Å². The fraction of sp³-hybridized carbons (Fsp3) is 0.500. The molecule has 1 aromatic carbocycles. The number of aromatic hydroxyl groups is 1. The van der Waals surface area contributed by atoms with Gasteiger partial charge < -0.3 is 10.0 Å². The molecule has 0 aliphatic carbocycles. The van der Waals surface area contributed by atoms with Gasteiger partial charge in [0.1, 0.15) is 5.75 Å². The van der Waals surface area contributed by atoms with Gasteiger partial charge in [0, 0.05) is 13.1 Å². The molecule has 94 valence electrons. The summed E-state index contributed by atoms with van der Waals surface area (Å²) in [6.45, 7) is 9.38. The van der Waals surface area contributed by atoms with E-state index in [0.717, 1.165) is 5.56 Å². The van der Waals surface area contributed by atoms with Gasteiger partial charge in [0.15, 0.2) is 0 Å². The summed E-state index contributed by atoms with van der Waals surface area (Å²) in [6, 6.07) is 5.11. The number of nitrogens with zero attached hydrogens (tertiary/aromatic N) is 1. The van der Waals surface area contributed by atoms with Gasteiger partial charge in [-0.25, -0.2) is 0 Å². The van der Waals surface area contributed by atoms with Crippen molar-refractivity contribution in [3.05, 3.63) is 29.3 Å². The minimum Gasteiger partial charge on any atom is -0.507 e. The predicted octanol–water partition coefficient (Wildman–Crippen LogP) is 2.82. The summed E-state index contributed by atoms with van der Waals surface area (Å²) < 4.78 is 0. The van der Waals surface area contributed by atoms with Gasteiger partial charge in [-0.2, -0.15) is 0 Å². The maximum atomic E-state index is 12.3. The Balaban J connectivity index is 2.97. The largest absolute Gasteiger partial charge is 0.507 e. The fourth-order valence-corrected chi connectivity index (χ4v) is 1.79. The number of hydrogen-bond donors (Lipinski definition) is 1. The Morgan fingerprint density at radius 1 is 1.41 bits per heavy atom. The predicted molar refractivity (Wildman–Crippen MR) is 69.3 cm³/mol. The molecule has 0 aliphatic rings. The quantitative estimate of drug-likeness (QED) is 0.871. The zero-order valence-corrected chi connectivity index (χ0v) is 11.0. The number of amides is 1. The van der Waals surface area contributed by atoms with Crippen LogP contribution in [-0.4, -0.2) is 29.0 Å². The molecule has 0 saturated heterocycles. The number of carbonyl (C=O) groups is 1. The van der Waals surface area contributed by atoms with Gasteiger partial charge in [-0.15, -0.1) is 0 Å². The molecule has 0 aromatic heterocycles. The maximum absolute atomic E-state index is 12.3. The number of rotatable bonds is 4. The second kappa shape index (κ2) is 5.71. The van der Waals surface area contributed by atoms with E-state index >= 15 is 0 Å². The van der Waals surface area contributed by atoms with E-state index in [1.807, 2.05) is 13.8 Å². The topological polar surface area (TPSA) is 40.5 Å². The van der Waals surface area contributed by atoms with Crippen molar-refractivity contribution >= 4 is 5.91 Å². The van der Waals surface area contributed by atoms with E-state index in [1.165, 1.54) is 0 Å². The fourth-order valence-electron chi connectivity index (χ4n) is 1.79. The normalized spacial score (nSPS) is 10.6. The van der Waals surface area contributed by atoms with Crippen molar-refractivity contribution in [1.82, 2.24) is 4.90 Å². The molecule has 3 nitrogen and oxygen atoms in total. The molecule has 1 amide bonds. The molecule has 1 rings (SSSR count). The Labute approximate surface area is 103 Å². The third kappa shape index (κ3) is 3.48. The Bertz CT molecular complexity index is 399. The molecule has 0 bridgehead atoms. The lowest BCUT2D eigenvalue weighted by Crippen LogP contribution is -2.34. The SMILES string of the molecule is CCN(CC(C)C)C(=O)c1cc(C)ccc1O. The van der Waals surface area contributed by atoms with Crippen LogP contribution in [0, 0.1) is 12.8 Å². The van der Waals surface area contributed by atoms with E-state index in [4.69, 9.17) is 0 Å². The van der Waals surface area contributed by atoms with Crippen LogP contribution in [0.4, 0.5) is 0 Å². The summed E-state index contributed by atoms with van der Waals surface area (Å²) in [5, 5.41) is 9.74. The zero-order chi connectivity index (χ0) is 13.0. The van der Waals surface area contributed by atoms with Crippen molar-refractivity contribution in [3.63, 3.8) is 0 Å². The first-order valence-corrected chi connectivity index (χ1v) is 6.04. The molecule has 1 aromatic rings. The highest BCUT2D eigenvalue weighted by atomic mass is 16.3. The van der Waals surface area contributed by atoms with Crippen LogP contribution < -0.4 is 0 Å². The van der Waals surface area contributed by atoms with Crippen molar-refractivity contribution in [3.8, 4) is 5.75 Å². The smallest absolute Gasteiger partial charge is 0.257 e. The number of carbonyl (C=O) groups excluding carboxylic acids is 1. The molecular weight excluding hydrogens is 214 g/mol. The molecule has 0 radical (unpaired) electrons. The molecule has 0 atom stereocenters. The first-order valence-electron chi connectivity index (χ1n) is 6.04. The Hall–Kier alpha value is -1.51. The Kier molecular flexibility index (Phi) is 4.55.